The molecule has 1 aliphatic carbocycles. The molecule has 2 fully saturated rings. The van der Waals surface area contributed by atoms with Gasteiger partial charge < -0.3 is 9.64 Å². The van der Waals surface area contributed by atoms with E-state index in [4.69, 9.17) is 4.74 Å². The van der Waals surface area contributed by atoms with Crippen molar-refractivity contribution in [3.63, 3.8) is 0 Å². The number of likely N-dealkylation sites (tertiary alicyclic amines) is 1. The third kappa shape index (κ3) is 2.59. The first-order valence-corrected chi connectivity index (χ1v) is 7.99. The lowest BCUT2D eigenvalue weighted by Crippen LogP contribution is -2.38. The summed E-state index contributed by atoms with van der Waals surface area (Å²) in [6.07, 6.45) is 2.49. The summed E-state index contributed by atoms with van der Waals surface area (Å²) in [6, 6.07) is 7.99. The Bertz CT molecular complexity index is 565. The van der Waals surface area contributed by atoms with Crippen molar-refractivity contribution >= 4 is 27.8 Å². The first kappa shape index (κ1) is 14.6. The van der Waals surface area contributed by atoms with E-state index in [0.717, 1.165) is 22.9 Å². The van der Waals surface area contributed by atoms with Gasteiger partial charge in [0.15, 0.2) is 0 Å². The van der Waals surface area contributed by atoms with Gasteiger partial charge in [-0.05, 0) is 37.0 Å². The molecule has 0 aromatic heterocycles. The molecular weight excluding hydrogens is 334 g/mol. The van der Waals surface area contributed by atoms with Gasteiger partial charge in [0.1, 0.15) is 0 Å². The third-order valence-corrected chi connectivity index (χ3v) is 5.09. The molecule has 1 unspecified atom stereocenters. The average molecular weight is 352 g/mol. The summed E-state index contributed by atoms with van der Waals surface area (Å²) >= 11 is 3.42. The van der Waals surface area contributed by atoms with Crippen LogP contribution in [-0.2, 0) is 19.7 Å². The van der Waals surface area contributed by atoms with Crippen molar-refractivity contribution in [3.8, 4) is 0 Å². The van der Waals surface area contributed by atoms with Crippen LogP contribution in [0.5, 0.6) is 0 Å². The number of hydrogen-bond acceptors (Lipinski definition) is 3. The van der Waals surface area contributed by atoms with E-state index in [1.807, 2.05) is 29.2 Å². The maximum Gasteiger partial charge on any atom is 0.310 e. The molecule has 2 aliphatic rings. The topological polar surface area (TPSA) is 46.6 Å². The van der Waals surface area contributed by atoms with Gasteiger partial charge in [0.05, 0.1) is 18.4 Å². The normalized spacial score (nSPS) is 23.0. The smallest absolute Gasteiger partial charge is 0.310 e. The zero-order valence-electron chi connectivity index (χ0n) is 12.0. The molecule has 0 spiro atoms. The maximum atomic E-state index is 12.8. The molecule has 3 rings (SSSR count). The van der Waals surface area contributed by atoms with Crippen molar-refractivity contribution in [2.45, 2.75) is 24.7 Å². The number of benzene rings is 1. The molecule has 21 heavy (non-hydrogen) atoms. The van der Waals surface area contributed by atoms with Gasteiger partial charge in [-0.1, -0.05) is 28.1 Å². The minimum atomic E-state index is -0.355. The second kappa shape index (κ2) is 5.44. The maximum absolute atomic E-state index is 12.8. The number of halogens is 1. The highest BCUT2D eigenvalue weighted by molar-refractivity contribution is 9.10. The number of methoxy groups -OCH3 is 1. The van der Waals surface area contributed by atoms with Crippen molar-refractivity contribution in [1.82, 2.24) is 4.90 Å². The van der Waals surface area contributed by atoms with Crippen molar-refractivity contribution in [3.05, 3.63) is 34.3 Å². The van der Waals surface area contributed by atoms with Gasteiger partial charge >= 0.3 is 5.97 Å². The van der Waals surface area contributed by atoms with Gasteiger partial charge in [0, 0.05) is 17.6 Å². The highest BCUT2D eigenvalue weighted by Crippen LogP contribution is 2.50. The number of hydrogen-bond donors (Lipinski definition) is 0. The largest absolute Gasteiger partial charge is 0.469 e. The molecule has 0 radical (unpaired) electrons. The molecule has 112 valence electrons. The SMILES string of the molecule is COC(=O)C1CCN(C(=O)C2(c3ccc(Br)cc3)CC2)C1. The monoisotopic (exact) mass is 351 g/mol. The number of carbonyl (C=O) groups excluding carboxylic acids is 2. The average Bonchev–Trinajstić information content (AvgIpc) is 3.16. The van der Waals surface area contributed by atoms with Crippen LogP contribution in [0, 0.1) is 5.92 Å². The molecular formula is C16H18BrNO3. The van der Waals surface area contributed by atoms with Crippen LogP contribution < -0.4 is 0 Å². The van der Waals surface area contributed by atoms with Crippen LogP contribution in [0.25, 0.3) is 0 Å². The first-order valence-electron chi connectivity index (χ1n) is 7.20. The van der Waals surface area contributed by atoms with Crippen LogP contribution in [0.4, 0.5) is 0 Å². The van der Waals surface area contributed by atoms with E-state index in [1.54, 1.807) is 0 Å². The second-order valence-corrected chi connectivity index (χ2v) is 6.76. The quantitative estimate of drug-likeness (QED) is 0.786. The van der Waals surface area contributed by atoms with Crippen LogP contribution in [0.1, 0.15) is 24.8 Å². The molecule has 1 saturated heterocycles. The molecule has 1 saturated carbocycles. The van der Waals surface area contributed by atoms with Gasteiger partial charge in [-0.3, -0.25) is 9.59 Å². The van der Waals surface area contributed by atoms with Crippen LogP contribution in [0.2, 0.25) is 0 Å². The highest BCUT2D eigenvalue weighted by atomic mass is 79.9. The zero-order chi connectivity index (χ0) is 15.0. The van der Waals surface area contributed by atoms with Crippen molar-refractivity contribution in [1.29, 1.82) is 0 Å². The summed E-state index contributed by atoms with van der Waals surface area (Å²) in [4.78, 5) is 26.3. The van der Waals surface area contributed by atoms with Crippen molar-refractivity contribution in [2.75, 3.05) is 20.2 Å². The predicted octanol–water partition coefficient (Wildman–Crippen LogP) is 2.50. The van der Waals surface area contributed by atoms with Crippen LogP contribution in [0.15, 0.2) is 28.7 Å². The number of amides is 1. The van der Waals surface area contributed by atoms with E-state index in [2.05, 4.69) is 15.9 Å². The molecule has 1 heterocycles. The Hall–Kier alpha value is -1.36. The molecule has 1 aliphatic heterocycles. The van der Waals surface area contributed by atoms with Crippen LogP contribution in [-0.4, -0.2) is 37.0 Å². The molecule has 1 aromatic carbocycles. The second-order valence-electron chi connectivity index (χ2n) is 5.85. The summed E-state index contributed by atoms with van der Waals surface area (Å²) in [5.41, 5.74) is 0.725. The Labute approximate surface area is 132 Å². The first-order chi connectivity index (χ1) is 10.1. The Morgan fingerprint density at radius 2 is 1.95 bits per heavy atom. The lowest BCUT2D eigenvalue weighted by Gasteiger charge is -2.23. The molecule has 0 bridgehead atoms. The Morgan fingerprint density at radius 1 is 1.29 bits per heavy atom. The number of nitrogens with zero attached hydrogens (tertiary/aromatic N) is 1. The summed E-state index contributed by atoms with van der Waals surface area (Å²) in [6.45, 7) is 1.14. The summed E-state index contributed by atoms with van der Waals surface area (Å²) in [5.74, 6) is -0.213. The van der Waals surface area contributed by atoms with E-state index < -0.39 is 0 Å². The van der Waals surface area contributed by atoms with E-state index in [9.17, 15) is 9.59 Å². The fourth-order valence-corrected chi connectivity index (χ4v) is 3.39. The van der Waals surface area contributed by atoms with Crippen molar-refractivity contribution < 1.29 is 14.3 Å². The van der Waals surface area contributed by atoms with Crippen LogP contribution >= 0.6 is 15.9 Å². The Balaban J connectivity index is 1.74. The standard InChI is InChI=1S/C16H18BrNO3/c1-21-14(19)11-6-9-18(10-11)15(20)16(7-8-16)12-2-4-13(17)5-3-12/h2-5,11H,6-10H2,1H3. The number of carbonyl (C=O) groups is 2. The minimum Gasteiger partial charge on any atom is -0.469 e. The molecule has 4 nitrogen and oxygen atoms in total. The Morgan fingerprint density at radius 3 is 2.52 bits per heavy atom. The summed E-state index contributed by atoms with van der Waals surface area (Å²) < 4.78 is 5.79. The van der Waals surface area contributed by atoms with E-state index >= 15 is 0 Å². The van der Waals surface area contributed by atoms with Crippen molar-refractivity contribution in [2.24, 2.45) is 5.92 Å². The third-order valence-electron chi connectivity index (χ3n) is 4.57. The predicted molar refractivity (Wildman–Crippen MR) is 81.8 cm³/mol. The van der Waals surface area contributed by atoms with E-state index in [0.29, 0.717) is 19.5 Å². The number of esters is 1. The van der Waals surface area contributed by atoms with Gasteiger partial charge in [-0.25, -0.2) is 0 Å². The number of rotatable bonds is 3. The molecule has 5 heteroatoms. The lowest BCUT2D eigenvalue weighted by molar-refractivity contribution is -0.145. The van der Waals surface area contributed by atoms with Crippen LogP contribution in [0.3, 0.4) is 0 Å². The summed E-state index contributed by atoms with van der Waals surface area (Å²) in [5, 5.41) is 0. The lowest BCUT2D eigenvalue weighted by atomic mass is 9.94. The fourth-order valence-electron chi connectivity index (χ4n) is 3.13. The Kier molecular flexibility index (Phi) is 3.78. The number of ether oxygens (including phenoxy) is 1. The molecule has 0 N–H and O–H groups in total. The minimum absolute atomic E-state index is 0.163. The molecule has 1 amide bonds. The molecule has 1 aromatic rings. The van der Waals surface area contributed by atoms with Gasteiger partial charge in [0.2, 0.25) is 5.91 Å². The van der Waals surface area contributed by atoms with Gasteiger partial charge in [0.25, 0.3) is 0 Å². The van der Waals surface area contributed by atoms with E-state index in [1.165, 1.54) is 7.11 Å². The zero-order valence-corrected chi connectivity index (χ0v) is 13.6. The molecule has 1 atom stereocenters. The van der Waals surface area contributed by atoms with Gasteiger partial charge in [-0.15, -0.1) is 0 Å². The fraction of sp³-hybridized carbons (Fsp3) is 0.500. The van der Waals surface area contributed by atoms with Gasteiger partial charge in [-0.2, -0.15) is 0 Å². The van der Waals surface area contributed by atoms with E-state index in [-0.39, 0.29) is 23.2 Å². The highest BCUT2D eigenvalue weighted by Gasteiger charge is 2.54. The summed E-state index contributed by atoms with van der Waals surface area (Å²) in [7, 11) is 1.40.